The van der Waals surface area contributed by atoms with Gasteiger partial charge in [-0.05, 0) is 18.1 Å². The van der Waals surface area contributed by atoms with Gasteiger partial charge in [-0.1, -0.05) is 13.8 Å². The molecule has 0 fully saturated rings. The molecule has 33 heavy (non-hydrogen) atoms. The van der Waals surface area contributed by atoms with Crippen LogP contribution in [-0.4, -0.2) is 54.3 Å². The summed E-state index contributed by atoms with van der Waals surface area (Å²) in [7, 11) is -3.49. The third-order valence-electron chi connectivity index (χ3n) is 4.62. The van der Waals surface area contributed by atoms with Crippen LogP contribution in [0.2, 0.25) is 0 Å². The molecule has 3 aromatic rings. The number of sulfonamides is 1. The van der Waals surface area contributed by atoms with E-state index in [1.54, 1.807) is 38.4 Å². The second-order valence-electron chi connectivity index (χ2n) is 7.86. The number of nitrogens with one attached hydrogen (secondary N) is 4. The highest BCUT2D eigenvalue weighted by Crippen LogP contribution is 2.30. The summed E-state index contributed by atoms with van der Waals surface area (Å²) in [5.41, 5.74) is 2.54. The summed E-state index contributed by atoms with van der Waals surface area (Å²) in [6.45, 7) is 2.01. The molecule has 3 rings (SSSR count). The van der Waals surface area contributed by atoms with Gasteiger partial charge in [0, 0.05) is 35.1 Å². The first-order chi connectivity index (χ1) is 15.3. The van der Waals surface area contributed by atoms with Crippen LogP contribution in [0.1, 0.15) is 13.8 Å². The molecule has 0 radical (unpaired) electrons. The predicted molar refractivity (Wildman–Crippen MR) is 119 cm³/mol. The molecule has 0 aliphatic carbocycles. The average molecular weight is 485 g/mol. The molecular formula is C20H23F3N6O3S. The van der Waals surface area contributed by atoms with E-state index in [0.717, 1.165) is 6.26 Å². The van der Waals surface area contributed by atoms with Gasteiger partial charge in [-0.15, -0.1) is 0 Å². The minimum absolute atomic E-state index is 0.286. The summed E-state index contributed by atoms with van der Waals surface area (Å²) in [6.07, 6.45) is 2.61. The van der Waals surface area contributed by atoms with Gasteiger partial charge in [-0.25, -0.2) is 13.4 Å². The zero-order valence-electron chi connectivity index (χ0n) is 18.0. The summed E-state index contributed by atoms with van der Waals surface area (Å²) in [6, 6.07) is 2.40. The fourth-order valence-corrected chi connectivity index (χ4v) is 3.73. The van der Waals surface area contributed by atoms with Crippen molar-refractivity contribution in [3.05, 3.63) is 36.9 Å². The van der Waals surface area contributed by atoms with Crippen molar-refractivity contribution in [3.8, 4) is 11.1 Å². The highest BCUT2D eigenvalue weighted by molar-refractivity contribution is 7.92. The van der Waals surface area contributed by atoms with Crippen LogP contribution in [-0.2, 0) is 14.8 Å². The van der Waals surface area contributed by atoms with Crippen molar-refractivity contribution >= 4 is 38.3 Å². The molecule has 4 N–H and O–H groups in total. The van der Waals surface area contributed by atoms with Gasteiger partial charge in [0.05, 0.1) is 23.8 Å². The number of rotatable bonds is 8. The number of pyridine rings is 2. The lowest BCUT2D eigenvalue weighted by Crippen LogP contribution is -2.46. The molecule has 0 aliphatic rings. The average Bonchev–Trinajstić information content (AvgIpc) is 3.11. The number of halogens is 3. The molecule has 0 saturated heterocycles. The Labute approximate surface area is 188 Å². The molecule has 3 heterocycles. The Hall–Kier alpha value is -3.35. The molecule has 1 atom stereocenters. The molecule has 13 heteroatoms. The second kappa shape index (κ2) is 9.25. The van der Waals surface area contributed by atoms with E-state index in [-0.39, 0.29) is 11.6 Å². The van der Waals surface area contributed by atoms with Crippen molar-refractivity contribution in [2.45, 2.75) is 26.1 Å². The maximum absolute atomic E-state index is 12.5. The van der Waals surface area contributed by atoms with E-state index >= 15 is 0 Å². The summed E-state index contributed by atoms with van der Waals surface area (Å²) in [4.78, 5) is 23.7. The SMILES string of the molecule is CC(C)[C@@H](Nc1cncc(-c2c[nH]c3ncc(NS(C)(=O)=O)cc23)c1)C(=O)NCC(F)(F)F. The highest BCUT2D eigenvalue weighted by atomic mass is 32.2. The first kappa shape index (κ1) is 24.3. The fraction of sp³-hybridized carbons (Fsp3) is 0.350. The van der Waals surface area contributed by atoms with Crippen molar-refractivity contribution in [2.24, 2.45) is 5.92 Å². The first-order valence-electron chi connectivity index (χ1n) is 9.84. The molecule has 0 aromatic carbocycles. The summed E-state index contributed by atoms with van der Waals surface area (Å²) < 4.78 is 62.8. The number of H-pyrrole nitrogens is 1. The minimum atomic E-state index is -4.51. The molecule has 3 aromatic heterocycles. The Morgan fingerprint density at radius 1 is 1.15 bits per heavy atom. The molecule has 0 spiro atoms. The van der Waals surface area contributed by atoms with Gasteiger partial charge in [0.15, 0.2) is 0 Å². The number of hydrogen-bond acceptors (Lipinski definition) is 6. The topological polar surface area (TPSA) is 129 Å². The summed E-state index contributed by atoms with van der Waals surface area (Å²) in [5, 5.41) is 5.48. The van der Waals surface area contributed by atoms with E-state index in [1.807, 2.05) is 5.32 Å². The number of amides is 1. The van der Waals surface area contributed by atoms with Crippen molar-refractivity contribution in [1.82, 2.24) is 20.3 Å². The Balaban J connectivity index is 1.87. The minimum Gasteiger partial charge on any atom is -0.372 e. The molecule has 0 aliphatic heterocycles. The van der Waals surface area contributed by atoms with E-state index in [1.165, 1.54) is 12.4 Å². The Morgan fingerprint density at radius 2 is 1.88 bits per heavy atom. The molecule has 0 saturated carbocycles. The summed E-state index contributed by atoms with van der Waals surface area (Å²) >= 11 is 0. The van der Waals surface area contributed by atoms with Gasteiger partial charge in [0.2, 0.25) is 15.9 Å². The quantitative estimate of drug-likeness (QED) is 0.389. The van der Waals surface area contributed by atoms with Crippen LogP contribution < -0.4 is 15.4 Å². The predicted octanol–water partition coefficient (Wildman–Crippen LogP) is 3.11. The maximum atomic E-state index is 12.5. The molecule has 1 amide bonds. The zero-order chi connectivity index (χ0) is 24.4. The van der Waals surface area contributed by atoms with Crippen molar-refractivity contribution in [2.75, 3.05) is 22.8 Å². The zero-order valence-corrected chi connectivity index (χ0v) is 18.8. The van der Waals surface area contributed by atoms with Crippen LogP contribution in [0, 0.1) is 5.92 Å². The number of carbonyl (C=O) groups is 1. The van der Waals surface area contributed by atoms with Gasteiger partial charge in [-0.2, -0.15) is 13.2 Å². The van der Waals surface area contributed by atoms with E-state index < -0.39 is 34.7 Å². The van der Waals surface area contributed by atoms with Gasteiger partial charge >= 0.3 is 6.18 Å². The molecule has 0 unspecified atom stereocenters. The lowest BCUT2D eigenvalue weighted by Gasteiger charge is -2.23. The van der Waals surface area contributed by atoms with Crippen molar-refractivity contribution < 1.29 is 26.4 Å². The van der Waals surface area contributed by atoms with E-state index in [9.17, 15) is 26.4 Å². The van der Waals surface area contributed by atoms with Gasteiger partial charge in [0.1, 0.15) is 18.2 Å². The number of hydrogen-bond donors (Lipinski definition) is 4. The highest BCUT2D eigenvalue weighted by Gasteiger charge is 2.30. The number of carbonyl (C=O) groups excluding carboxylic acids is 1. The van der Waals surface area contributed by atoms with Crippen LogP contribution in [0.25, 0.3) is 22.2 Å². The monoisotopic (exact) mass is 484 g/mol. The van der Waals surface area contributed by atoms with E-state index in [0.29, 0.717) is 27.8 Å². The number of nitrogens with zero attached hydrogens (tertiary/aromatic N) is 2. The third-order valence-corrected chi connectivity index (χ3v) is 5.22. The Bertz CT molecular complexity index is 1260. The third kappa shape index (κ3) is 6.57. The number of alkyl halides is 3. The maximum Gasteiger partial charge on any atom is 0.405 e. The normalized spacial score (nSPS) is 13.2. The number of aromatic nitrogens is 3. The fourth-order valence-electron chi connectivity index (χ4n) is 3.19. The largest absolute Gasteiger partial charge is 0.405 e. The molecule has 178 valence electrons. The second-order valence-corrected chi connectivity index (χ2v) is 9.61. The lowest BCUT2D eigenvalue weighted by atomic mass is 10.0. The molecule has 9 nitrogen and oxygen atoms in total. The number of aromatic amines is 1. The van der Waals surface area contributed by atoms with Crippen LogP contribution in [0.4, 0.5) is 24.5 Å². The van der Waals surface area contributed by atoms with E-state index in [2.05, 4.69) is 25.0 Å². The van der Waals surface area contributed by atoms with E-state index in [4.69, 9.17) is 0 Å². The number of fused-ring (bicyclic) bond motifs is 1. The van der Waals surface area contributed by atoms with Crippen LogP contribution >= 0.6 is 0 Å². The molecular weight excluding hydrogens is 461 g/mol. The smallest absolute Gasteiger partial charge is 0.372 e. The summed E-state index contributed by atoms with van der Waals surface area (Å²) in [5.74, 6) is -1.08. The van der Waals surface area contributed by atoms with Gasteiger partial charge in [-0.3, -0.25) is 14.5 Å². The lowest BCUT2D eigenvalue weighted by molar-refractivity contribution is -0.139. The van der Waals surface area contributed by atoms with Crippen molar-refractivity contribution in [3.63, 3.8) is 0 Å². The molecule has 0 bridgehead atoms. The van der Waals surface area contributed by atoms with Crippen LogP contribution in [0.3, 0.4) is 0 Å². The van der Waals surface area contributed by atoms with Crippen LogP contribution in [0.15, 0.2) is 36.9 Å². The van der Waals surface area contributed by atoms with Gasteiger partial charge in [0.25, 0.3) is 0 Å². The number of anilines is 2. The Kier molecular flexibility index (Phi) is 6.81. The van der Waals surface area contributed by atoms with Gasteiger partial charge < -0.3 is 15.6 Å². The Morgan fingerprint density at radius 3 is 2.52 bits per heavy atom. The first-order valence-corrected chi connectivity index (χ1v) is 11.7. The standard InChI is InChI=1S/C20H23F3N6O3S/c1-11(2)17(19(30)27-10-20(21,22)23)28-13-4-12(6-24-7-13)16-9-26-18-15(16)5-14(8-25-18)29-33(3,31)32/h4-9,11,17,28-29H,10H2,1-3H3,(H,25,26)(H,27,30)/t17-/m1/s1. The van der Waals surface area contributed by atoms with Crippen LogP contribution in [0.5, 0.6) is 0 Å². The van der Waals surface area contributed by atoms with Crippen molar-refractivity contribution in [1.29, 1.82) is 0 Å².